The van der Waals surface area contributed by atoms with Crippen molar-refractivity contribution in [1.29, 1.82) is 0 Å². The van der Waals surface area contributed by atoms with Gasteiger partial charge in [-0.05, 0) is 45.8 Å². The van der Waals surface area contributed by atoms with Crippen molar-refractivity contribution >= 4 is 0 Å². The molecule has 0 heterocycles. The van der Waals surface area contributed by atoms with Crippen LogP contribution < -0.4 is 5.32 Å². The summed E-state index contributed by atoms with van der Waals surface area (Å²) in [7, 11) is 1.91. The van der Waals surface area contributed by atoms with E-state index in [9.17, 15) is 4.39 Å². The Balaban J connectivity index is 2.65. The number of unbranched alkanes of at least 4 members (excludes halogenated alkanes) is 1. The van der Waals surface area contributed by atoms with Gasteiger partial charge >= 0.3 is 0 Å². The first-order valence-corrected chi connectivity index (χ1v) is 8.29. The SMILES string of the molecule is CCCCN(CCC(NC)c1ccccc1F)C(C)CC. The Morgan fingerprint density at radius 3 is 2.48 bits per heavy atom. The van der Waals surface area contributed by atoms with Crippen LogP contribution in [0.2, 0.25) is 0 Å². The standard InChI is InChI=1S/C18H31FN2/c1-5-7-13-21(15(3)6-2)14-12-18(20-4)16-10-8-9-11-17(16)19/h8-11,15,18,20H,5-7,12-14H2,1-4H3. The summed E-state index contributed by atoms with van der Waals surface area (Å²) >= 11 is 0. The lowest BCUT2D eigenvalue weighted by molar-refractivity contribution is 0.191. The van der Waals surface area contributed by atoms with Gasteiger partial charge in [-0.3, -0.25) is 0 Å². The lowest BCUT2D eigenvalue weighted by atomic mass is 10.0. The molecule has 1 aromatic carbocycles. The highest BCUT2D eigenvalue weighted by atomic mass is 19.1. The van der Waals surface area contributed by atoms with Crippen LogP contribution in [0, 0.1) is 5.82 Å². The number of hydrogen-bond donors (Lipinski definition) is 1. The van der Waals surface area contributed by atoms with E-state index in [-0.39, 0.29) is 11.9 Å². The summed E-state index contributed by atoms with van der Waals surface area (Å²) in [6.45, 7) is 8.89. The number of rotatable bonds is 10. The van der Waals surface area contributed by atoms with E-state index >= 15 is 0 Å². The fourth-order valence-corrected chi connectivity index (χ4v) is 2.68. The average Bonchev–Trinajstić information content (AvgIpc) is 2.51. The maximum Gasteiger partial charge on any atom is 0.127 e. The molecule has 3 heteroatoms. The Hall–Kier alpha value is -0.930. The summed E-state index contributed by atoms with van der Waals surface area (Å²) < 4.78 is 13.9. The van der Waals surface area contributed by atoms with E-state index in [1.54, 1.807) is 12.1 Å². The monoisotopic (exact) mass is 294 g/mol. The minimum absolute atomic E-state index is 0.0828. The fraction of sp³-hybridized carbons (Fsp3) is 0.667. The van der Waals surface area contributed by atoms with Gasteiger partial charge in [0.2, 0.25) is 0 Å². The third-order valence-corrected chi connectivity index (χ3v) is 4.35. The van der Waals surface area contributed by atoms with Gasteiger partial charge in [0.25, 0.3) is 0 Å². The van der Waals surface area contributed by atoms with Gasteiger partial charge in [0, 0.05) is 24.2 Å². The van der Waals surface area contributed by atoms with Crippen molar-refractivity contribution < 1.29 is 4.39 Å². The maximum atomic E-state index is 13.9. The maximum absolute atomic E-state index is 13.9. The first-order valence-electron chi connectivity index (χ1n) is 8.29. The largest absolute Gasteiger partial charge is 0.313 e. The molecule has 0 saturated carbocycles. The van der Waals surface area contributed by atoms with Gasteiger partial charge < -0.3 is 10.2 Å². The van der Waals surface area contributed by atoms with Crippen LogP contribution in [0.25, 0.3) is 0 Å². The van der Waals surface area contributed by atoms with Crippen molar-refractivity contribution in [2.45, 2.75) is 58.5 Å². The van der Waals surface area contributed by atoms with E-state index in [1.165, 1.54) is 12.8 Å². The van der Waals surface area contributed by atoms with Gasteiger partial charge in [0.1, 0.15) is 5.82 Å². The zero-order valence-corrected chi connectivity index (χ0v) is 14.0. The highest BCUT2D eigenvalue weighted by Crippen LogP contribution is 2.21. The van der Waals surface area contributed by atoms with Gasteiger partial charge in [-0.1, -0.05) is 38.5 Å². The first-order chi connectivity index (χ1) is 10.1. The molecular formula is C18H31FN2. The molecule has 1 aromatic rings. The Bertz CT molecular complexity index is 395. The Kier molecular flexibility index (Phi) is 8.55. The molecule has 0 saturated heterocycles. The second-order valence-electron chi connectivity index (χ2n) is 5.80. The van der Waals surface area contributed by atoms with Crippen molar-refractivity contribution in [2.24, 2.45) is 0 Å². The fourth-order valence-electron chi connectivity index (χ4n) is 2.68. The van der Waals surface area contributed by atoms with E-state index in [4.69, 9.17) is 0 Å². The minimum Gasteiger partial charge on any atom is -0.313 e. The molecule has 0 bridgehead atoms. The molecule has 0 aromatic heterocycles. The Labute approximate surface area is 129 Å². The molecule has 21 heavy (non-hydrogen) atoms. The molecule has 120 valence electrons. The molecule has 0 radical (unpaired) electrons. The van der Waals surface area contributed by atoms with E-state index in [0.717, 1.165) is 31.5 Å². The lowest BCUT2D eigenvalue weighted by Gasteiger charge is -2.30. The number of hydrogen-bond acceptors (Lipinski definition) is 2. The van der Waals surface area contributed by atoms with E-state index < -0.39 is 0 Å². The predicted molar refractivity (Wildman–Crippen MR) is 89.1 cm³/mol. The summed E-state index contributed by atoms with van der Waals surface area (Å²) in [4.78, 5) is 2.54. The van der Waals surface area contributed by atoms with Crippen LogP contribution in [-0.2, 0) is 0 Å². The molecule has 0 spiro atoms. The highest BCUT2D eigenvalue weighted by Gasteiger charge is 2.17. The Morgan fingerprint density at radius 2 is 1.90 bits per heavy atom. The van der Waals surface area contributed by atoms with Crippen LogP contribution in [0.1, 0.15) is 58.1 Å². The molecule has 2 unspecified atom stereocenters. The normalized spacial score (nSPS) is 14.4. The lowest BCUT2D eigenvalue weighted by Crippen LogP contribution is -2.36. The zero-order chi connectivity index (χ0) is 15.7. The molecule has 0 aliphatic rings. The van der Waals surface area contributed by atoms with Crippen molar-refractivity contribution in [3.8, 4) is 0 Å². The first kappa shape index (κ1) is 18.1. The predicted octanol–water partition coefficient (Wildman–Crippen LogP) is 4.38. The van der Waals surface area contributed by atoms with Crippen molar-refractivity contribution in [1.82, 2.24) is 10.2 Å². The second-order valence-corrected chi connectivity index (χ2v) is 5.80. The number of nitrogens with one attached hydrogen (secondary N) is 1. The third kappa shape index (κ3) is 5.76. The van der Waals surface area contributed by atoms with E-state index in [0.29, 0.717) is 6.04 Å². The molecular weight excluding hydrogens is 263 g/mol. The van der Waals surface area contributed by atoms with Gasteiger partial charge in [-0.25, -0.2) is 4.39 Å². The summed E-state index contributed by atoms with van der Waals surface area (Å²) in [5, 5.41) is 3.26. The summed E-state index contributed by atoms with van der Waals surface area (Å²) in [6.07, 6.45) is 4.54. The quantitative estimate of drug-likeness (QED) is 0.689. The van der Waals surface area contributed by atoms with Crippen LogP contribution in [0.5, 0.6) is 0 Å². The zero-order valence-electron chi connectivity index (χ0n) is 14.0. The average molecular weight is 294 g/mol. The molecule has 1 N–H and O–H groups in total. The van der Waals surface area contributed by atoms with Crippen molar-refractivity contribution in [3.05, 3.63) is 35.6 Å². The number of nitrogens with zero attached hydrogens (tertiary/aromatic N) is 1. The van der Waals surface area contributed by atoms with Crippen LogP contribution >= 0.6 is 0 Å². The summed E-state index contributed by atoms with van der Waals surface area (Å²) in [5.74, 6) is -0.111. The van der Waals surface area contributed by atoms with Gasteiger partial charge in [-0.15, -0.1) is 0 Å². The molecule has 2 atom stereocenters. The van der Waals surface area contributed by atoms with Crippen LogP contribution in [-0.4, -0.2) is 31.1 Å². The molecule has 1 rings (SSSR count). The number of halogens is 1. The van der Waals surface area contributed by atoms with Crippen molar-refractivity contribution in [3.63, 3.8) is 0 Å². The van der Waals surface area contributed by atoms with Gasteiger partial charge in [0.15, 0.2) is 0 Å². The molecule has 0 aliphatic carbocycles. The molecule has 0 amide bonds. The van der Waals surface area contributed by atoms with Crippen LogP contribution in [0.3, 0.4) is 0 Å². The second kappa shape index (κ2) is 9.91. The molecule has 2 nitrogen and oxygen atoms in total. The van der Waals surface area contributed by atoms with Gasteiger partial charge in [-0.2, -0.15) is 0 Å². The Morgan fingerprint density at radius 1 is 1.19 bits per heavy atom. The topological polar surface area (TPSA) is 15.3 Å². The smallest absolute Gasteiger partial charge is 0.127 e. The number of benzene rings is 1. The van der Waals surface area contributed by atoms with Gasteiger partial charge in [0.05, 0.1) is 0 Å². The van der Waals surface area contributed by atoms with Crippen LogP contribution in [0.4, 0.5) is 4.39 Å². The summed E-state index contributed by atoms with van der Waals surface area (Å²) in [6, 6.07) is 7.76. The van der Waals surface area contributed by atoms with Crippen LogP contribution in [0.15, 0.2) is 24.3 Å². The van der Waals surface area contributed by atoms with E-state index in [1.807, 2.05) is 19.2 Å². The minimum atomic E-state index is -0.111. The summed E-state index contributed by atoms with van der Waals surface area (Å²) in [5.41, 5.74) is 0.777. The van der Waals surface area contributed by atoms with E-state index in [2.05, 4.69) is 31.0 Å². The molecule has 0 fully saturated rings. The van der Waals surface area contributed by atoms with Crippen molar-refractivity contribution in [2.75, 3.05) is 20.1 Å². The highest BCUT2D eigenvalue weighted by molar-refractivity contribution is 5.21. The third-order valence-electron chi connectivity index (χ3n) is 4.35. The molecule has 0 aliphatic heterocycles.